The first-order valence-corrected chi connectivity index (χ1v) is 6.26. The average molecular weight is 259 g/mol. The summed E-state index contributed by atoms with van der Waals surface area (Å²) in [7, 11) is 1.69. The first kappa shape index (κ1) is 13.6. The number of nitrogens with one attached hydrogen (secondary N) is 1. The van der Waals surface area contributed by atoms with Gasteiger partial charge in [-0.15, -0.1) is 0 Å². The molecule has 1 amide bonds. The molecule has 1 aliphatic rings. The van der Waals surface area contributed by atoms with Crippen LogP contribution >= 0.6 is 0 Å². The summed E-state index contributed by atoms with van der Waals surface area (Å²) < 4.78 is 5.17. The molecule has 0 heterocycles. The van der Waals surface area contributed by atoms with Crippen LogP contribution in [-0.4, -0.2) is 36.9 Å². The minimum absolute atomic E-state index is 0.0683. The average Bonchev–Trinajstić information content (AvgIpc) is 2.40. The number of methoxy groups -OCH3 is 1. The van der Waals surface area contributed by atoms with Crippen LogP contribution in [0.4, 0.5) is 0 Å². The van der Waals surface area contributed by atoms with Crippen molar-refractivity contribution in [1.82, 2.24) is 5.32 Å². The zero-order valence-corrected chi connectivity index (χ0v) is 10.8. The largest absolute Gasteiger partial charge is 0.384 e. The molecule has 4 heteroatoms. The fourth-order valence-corrected chi connectivity index (χ4v) is 1.99. The van der Waals surface area contributed by atoms with Gasteiger partial charge >= 0.3 is 0 Å². The van der Waals surface area contributed by atoms with Crippen LogP contribution in [0.25, 0.3) is 0 Å². The Kier molecular flexibility index (Phi) is 4.56. The van der Waals surface area contributed by atoms with Gasteiger partial charge in [0.25, 0.3) is 5.91 Å². The summed E-state index contributed by atoms with van der Waals surface area (Å²) in [4.78, 5) is 11.9. The monoisotopic (exact) mass is 259 g/mol. The number of hydrogen-bond acceptors (Lipinski definition) is 3. The fourth-order valence-electron chi connectivity index (χ4n) is 1.99. The highest BCUT2D eigenvalue weighted by Gasteiger charge is 2.30. The Hall–Kier alpha value is -1.83. The van der Waals surface area contributed by atoms with Crippen LogP contribution in [0.5, 0.6) is 0 Å². The molecule has 0 aliphatic heterocycles. The molecule has 1 aromatic carbocycles. The van der Waals surface area contributed by atoms with Crippen molar-refractivity contribution in [2.24, 2.45) is 0 Å². The number of amides is 1. The highest BCUT2D eigenvalue weighted by Crippen LogP contribution is 2.22. The second-order valence-corrected chi connectivity index (χ2v) is 4.54. The molecule has 0 saturated heterocycles. The van der Waals surface area contributed by atoms with E-state index in [-0.39, 0.29) is 24.7 Å². The zero-order valence-electron chi connectivity index (χ0n) is 10.8. The molecule has 0 spiro atoms. The highest BCUT2D eigenvalue weighted by molar-refractivity contribution is 5.94. The van der Waals surface area contributed by atoms with Crippen LogP contribution in [0.2, 0.25) is 0 Å². The molecule has 0 aromatic heterocycles. The van der Waals surface area contributed by atoms with E-state index < -0.39 is 0 Å². The van der Waals surface area contributed by atoms with Gasteiger partial charge in [-0.1, -0.05) is 11.8 Å². The van der Waals surface area contributed by atoms with E-state index in [1.54, 1.807) is 31.4 Å². The molecule has 2 N–H and O–H groups in total. The molecule has 1 saturated carbocycles. The Balaban J connectivity index is 1.89. The van der Waals surface area contributed by atoms with Crippen LogP contribution < -0.4 is 5.32 Å². The van der Waals surface area contributed by atoms with Crippen molar-refractivity contribution in [3.8, 4) is 11.8 Å². The van der Waals surface area contributed by atoms with Crippen molar-refractivity contribution in [2.75, 3.05) is 13.7 Å². The number of ether oxygens (including phenoxy) is 1. The van der Waals surface area contributed by atoms with Gasteiger partial charge in [-0.05, 0) is 37.1 Å². The molecule has 0 unspecified atom stereocenters. The van der Waals surface area contributed by atoms with Gasteiger partial charge in [-0.3, -0.25) is 4.79 Å². The molecule has 0 bridgehead atoms. The number of aliphatic hydroxyl groups excluding tert-OH is 1. The number of hydrogen-bond donors (Lipinski definition) is 2. The van der Waals surface area contributed by atoms with E-state index in [4.69, 9.17) is 9.84 Å². The SMILES string of the molecule is COC1CC(NC(=O)c2ccc(C#CCO)cc2)C1. The fraction of sp³-hybridized carbons (Fsp3) is 0.400. The predicted molar refractivity (Wildman–Crippen MR) is 71.7 cm³/mol. The molecule has 1 aromatic rings. The standard InChI is InChI=1S/C15H17NO3/c1-19-14-9-13(10-14)16-15(18)12-6-4-11(5-7-12)3-2-8-17/h4-7,13-14,17H,8-10H2,1H3,(H,16,18). The Morgan fingerprint density at radius 1 is 1.42 bits per heavy atom. The highest BCUT2D eigenvalue weighted by atomic mass is 16.5. The molecule has 4 nitrogen and oxygen atoms in total. The third-order valence-electron chi connectivity index (χ3n) is 3.22. The van der Waals surface area contributed by atoms with Gasteiger partial charge in [-0.25, -0.2) is 0 Å². The van der Waals surface area contributed by atoms with Crippen LogP contribution in [0.15, 0.2) is 24.3 Å². The molecule has 100 valence electrons. The lowest BCUT2D eigenvalue weighted by atomic mass is 9.89. The molecule has 0 radical (unpaired) electrons. The zero-order chi connectivity index (χ0) is 13.7. The molecular formula is C15H17NO3. The number of aliphatic hydroxyl groups is 1. The Bertz CT molecular complexity index is 492. The van der Waals surface area contributed by atoms with Crippen LogP contribution in [0, 0.1) is 11.8 Å². The van der Waals surface area contributed by atoms with Crippen LogP contribution in [0.1, 0.15) is 28.8 Å². The molecule has 1 fully saturated rings. The molecular weight excluding hydrogens is 242 g/mol. The summed E-state index contributed by atoms with van der Waals surface area (Å²) in [5.41, 5.74) is 1.41. The maximum absolute atomic E-state index is 11.9. The second kappa shape index (κ2) is 6.37. The van der Waals surface area contributed by atoms with Crippen LogP contribution in [0.3, 0.4) is 0 Å². The molecule has 0 atom stereocenters. The topological polar surface area (TPSA) is 58.6 Å². The minimum atomic E-state index is -0.162. The minimum Gasteiger partial charge on any atom is -0.384 e. The summed E-state index contributed by atoms with van der Waals surface area (Å²) in [5, 5.41) is 11.6. The number of benzene rings is 1. The van der Waals surface area contributed by atoms with Crippen molar-refractivity contribution in [3.63, 3.8) is 0 Å². The van der Waals surface area contributed by atoms with Crippen molar-refractivity contribution < 1.29 is 14.6 Å². The second-order valence-electron chi connectivity index (χ2n) is 4.54. The lowest BCUT2D eigenvalue weighted by Gasteiger charge is -2.34. The van der Waals surface area contributed by atoms with Gasteiger partial charge in [0.2, 0.25) is 0 Å². The molecule has 1 aliphatic carbocycles. The smallest absolute Gasteiger partial charge is 0.251 e. The lowest BCUT2D eigenvalue weighted by Crippen LogP contribution is -2.47. The number of rotatable bonds is 3. The maximum atomic E-state index is 11.9. The van der Waals surface area contributed by atoms with Gasteiger partial charge in [0.1, 0.15) is 6.61 Å². The first-order chi connectivity index (χ1) is 9.22. The number of carbonyl (C=O) groups excluding carboxylic acids is 1. The summed E-state index contributed by atoms with van der Waals surface area (Å²) >= 11 is 0. The normalized spacial score (nSPS) is 20.9. The van der Waals surface area contributed by atoms with Crippen molar-refractivity contribution in [3.05, 3.63) is 35.4 Å². The molecule has 19 heavy (non-hydrogen) atoms. The van der Waals surface area contributed by atoms with E-state index in [9.17, 15) is 4.79 Å². The Morgan fingerprint density at radius 2 is 2.11 bits per heavy atom. The summed E-state index contributed by atoms with van der Waals surface area (Å²) in [6.45, 7) is -0.162. The van der Waals surface area contributed by atoms with Crippen molar-refractivity contribution in [1.29, 1.82) is 0 Å². The van der Waals surface area contributed by atoms with Gasteiger partial charge in [-0.2, -0.15) is 0 Å². The van der Waals surface area contributed by atoms with E-state index >= 15 is 0 Å². The number of carbonyl (C=O) groups is 1. The van der Waals surface area contributed by atoms with E-state index in [1.165, 1.54) is 0 Å². The van der Waals surface area contributed by atoms with Gasteiger partial charge < -0.3 is 15.2 Å². The quantitative estimate of drug-likeness (QED) is 0.794. The van der Waals surface area contributed by atoms with Crippen molar-refractivity contribution >= 4 is 5.91 Å². The van der Waals surface area contributed by atoms with Crippen LogP contribution in [-0.2, 0) is 4.74 Å². The predicted octanol–water partition coefficient (Wildman–Crippen LogP) is 0.938. The summed E-state index contributed by atoms with van der Waals surface area (Å²) in [6.07, 6.45) is 2.03. The third-order valence-corrected chi connectivity index (χ3v) is 3.22. The van der Waals surface area contributed by atoms with E-state index in [2.05, 4.69) is 17.2 Å². The van der Waals surface area contributed by atoms with E-state index in [0.29, 0.717) is 5.56 Å². The Morgan fingerprint density at radius 3 is 2.68 bits per heavy atom. The first-order valence-electron chi connectivity index (χ1n) is 6.26. The summed E-state index contributed by atoms with van der Waals surface area (Å²) in [5.74, 6) is 5.29. The maximum Gasteiger partial charge on any atom is 0.251 e. The van der Waals surface area contributed by atoms with Gasteiger partial charge in [0.15, 0.2) is 0 Å². The van der Waals surface area contributed by atoms with E-state index in [0.717, 1.165) is 18.4 Å². The Labute approximate surface area is 112 Å². The molecule has 2 rings (SSSR count). The third kappa shape index (κ3) is 3.57. The lowest BCUT2D eigenvalue weighted by molar-refractivity contribution is 0.0176. The van der Waals surface area contributed by atoms with Crippen molar-refractivity contribution in [2.45, 2.75) is 25.0 Å². The summed E-state index contributed by atoms with van der Waals surface area (Å²) in [6, 6.07) is 7.24. The van der Waals surface area contributed by atoms with Gasteiger partial charge in [0.05, 0.1) is 6.10 Å². The van der Waals surface area contributed by atoms with E-state index in [1.807, 2.05) is 0 Å². The van der Waals surface area contributed by atoms with Gasteiger partial charge in [0, 0.05) is 24.3 Å².